The van der Waals surface area contributed by atoms with E-state index in [4.69, 9.17) is 19.3 Å². The highest BCUT2D eigenvalue weighted by Gasteiger charge is 2.27. The van der Waals surface area contributed by atoms with Crippen LogP contribution in [0.15, 0.2) is 4.52 Å². The van der Waals surface area contributed by atoms with Gasteiger partial charge in [-0.15, -0.1) is 0 Å². The minimum absolute atomic E-state index is 0.0216. The third-order valence-electron chi connectivity index (χ3n) is 5.07. The molecule has 0 aliphatic carbocycles. The SMILES string of the molecule is Cc1noc(C)c1C(=O)N1CCc2nc(C3CCOCC3)nn2CC1. The maximum absolute atomic E-state index is 12.8. The van der Waals surface area contributed by atoms with E-state index in [9.17, 15) is 4.79 Å². The van der Waals surface area contributed by atoms with Gasteiger partial charge in [0.2, 0.25) is 0 Å². The van der Waals surface area contributed by atoms with Gasteiger partial charge in [0, 0.05) is 38.6 Å². The lowest BCUT2D eigenvalue weighted by atomic mass is 10.00. The molecule has 0 N–H and O–H groups in total. The molecule has 1 fully saturated rings. The van der Waals surface area contributed by atoms with Gasteiger partial charge < -0.3 is 14.2 Å². The second-order valence-electron chi connectivity index (χ2n) is 6.74. The first-order valence-corrected chi connectivity index (χ1v) is 8.87. The van der Waals surface area contributed by atoms with Gasteiger partial charge in [-0.25, -0.2) is 9.67 Å². The summed E-state index contributed by atoms with van der Waals surface area (Å²) in [5.74, 6) is 2.85. The molecular weight excluding hydrogens is 322 g/mol. The van der Waals surface area contributed by atoms with Gasteiger partial charge >= 0.3 is 0 Å². The summed E-state index contributed by atoms with van der Waals surface area (Å²) in [4.78, 5) is 19.4. The van der Waals surface area contributed by atoms with Crippen LogP contribution in [0.4, 0.5) is 0 Å². The van der Waals surface area contributed by atoms with E-state index in [1.165, 1.54) is 0 Å². The zero-order valence-electron chi connectivity index (χ0n) is 14.7. The number of fused-ring (bicyclic) bond motifs is 1. The van der Waals surface area contributed by atoms with E-state index in [1.54, 1.807) is 13.8 Å². The van der Waals surface area contributed by atoms with Crippen LogP contribution in [0.3, 0.4) is 0 Å². The first kappa shape index (κ1) is 16.3. The summed E-state index contributed by atoms with van der Waals surface area (Å²) in [5.41, 5.74) is 1.22. The Labute approximate surface area is 146 Å². The average molecular weight is 345 g/mol. The van der Waals surface area contributed by atoms with Crippen LogP contribution in [0.1, 0.15) is 52.2 Å². The molecule has 0 radical (unpaired) electrons. The predicted molar refractivity (Wildman–Crippen MR) is 88.4 cm³/mol. The van der Waals surface area contributed by atoms with Crippen LogP contribution in [0.5, 0.6) is 0 Å². The second-order valence-corrected chi connectivity index (χ2v) is 6.74. The number of carbonyl (C=O) groups is 1. The van der Waals surface area contributed by atoms with Crippen molar-refractivity contribution in [2.24, 2.45) is 0 Å². The number of rotatable bonds is 2. The molecule has 1 amide bonds. The number of aryl methyl sites for hydroxylation is 2. The van der Waals surface area contributed by atoms with Crippen LogP contribution < -0.4 is 0 Å². The van der Waals surface area contributed by atoms with Gasteiger partial charge in [0.15, 0.2) is 5.82 Å². The van der Waals surface area contributed by atoms with Gasteiger partial charge in [0.1, 0.15) is 17.1 Å². The molecule has 2 aliphatic heterocycles. The van der Waals surface area contributed by atoms with Gasteiger partial charge in [-0.2, -0.15) is 5.10 Å². The summed E-state index contributed by atoms with van der Waals surface area (Å²) in [7, 11) is 0. The summed E-state index contributed by atoms with van der Waals surface area (Å²) in [6.45, 7) is 7.07. The number of ether oxygens (including phenoxy) is 1. The Morgan fingerprint density at radius 1 is 1.16 bits per heavy atom. The topological polar surface area (TPSA) is 86.3 Å². The Hall–Kier alpha value is -2.22. The van der Waals surface area contributed by atoms with Crippen molar-refractivity contribution in [3.63, 3.8) is 0 Å². The number of nitrogens with zero attached hydrogens (tertiary/aromatic N) is 5. The minimum atomic E-state index is -0.0216. The Morgan fingerprint density at radius 2 is 1.96 bits per heavy atom. The van der Waals surface area contributed by atoms with Crippen molar-refractivity contribution in [3.05, 3.63) is 28.7 Å². The number of hydrogen-bond acceptors (Lipinski definition) is 6. The highest BCUT2D eigenvalue weighted by molar-refractivity contribution is 5.96. The summed E-state index contributed by atoms with van der Waals surface area (Å²) in [6.07, 6.45) is 2.69. The Bertz CT molecular complexity index is 730. The van der Waals surface area contributed by atoms with Crippen LogP contribution in [-0.2, 0) is 17.7 Å². The second kappa shape index (κ2) is 6.59. The van der Waals surface area contributed by atoms with E-state index in [0.29, 0.717) is 49.0 Å². The Morgan fingerprint density at radius 3 is 2.68 bits per heavy atom. The molecular formula is C17H23N5O3. The maximum atomic E-state index is 12.8. The fourth-order valence-electron chi connectivity index (χ4n) is 3.60. The van der Waals surface area contributed by atoms with Crippen LogP contribution in [-0.4, -0.2) is 57.0 Å². The molecule has 8 nitrogen and oxygen atoms in total. The monoisotopic (exact) mass is 345 g/mol. The zero-order valence-corrected chi connectivity index (χ0v) is 14.7. The third-order valence-corrected chi connectivity index (χ3v) is 5.07. The lowest BCUT2D eigenvalue weighted by Crippen LogP contribution is -2.34. The first-order chi connectivity index (χ1) is 12.1. The molecule has 0 unspecified atom stereocenters. The smallest absolute Gasteiger partial charge is 0.259 e. The van der Waals surface area contributed by atoms with E-state index >= 15 is 0 Å². The molecule has 4 rings (SSSR count). The normalized spacial score (nSPS) is 18.9. The van der Waals surface area contributed by atoms with Crippen molar-refractivity contribution in [2.45, 2.75) is 45.6 Å². The van der Waals surface area contributed by atoms with Crippen molar-refractivity contribution in [1.29, 1.82) is 0 Å². The molecule has 0 spiro atoms. The molecule has 8 heteroatoms. The fourth-order valence-corrected chi connectivity index (χ4v) is 3.60. The molecule has 0 atom stereocenters. The third kappa shape index (κ3) is 3.06. The summed E-state index contributed by atoms with van der Waals surface area (Å²) in [5, 5.41) is 8.59. The number of aromatic nitrogens is 4. The molecule has 2 aromatic heterocycles. The number of hydrogen-bond donors (Lipinski definition) is 0. The number of carbonyl (C=O) groups excluding carboxylic acids is 1. The van der Waals surface area contributed by atoms with E-state index < -0.39 is 0 Å². The highest BCUT2D eigenvalue weighted by atomic mass is 16.5. The van der Waals surface area contributed by atoms with Crippen LogP contribution in [0, 0.1) is 13.8 Å². The molecule has 1 saturated heterocycles. The van der Waals surface area contributed by atoms with E-state index in [0.717, 1.165) is 37.7 Å². The van der Waals surface area contributed by atoms with E-state index in [1.807, 2.05) is 9.58 Å². The minimum Gasteiger partial charge on any atom is -0.381 e. The molecule has 0 bridgehead atoms. The quantitative estimate of drug-likeness (QED) is 0.819. The Balaban J connectivity index is 1.47. The largest absolute Gasteiger partial charge is 0.381 e. The van der Waals surface area contributed by atoms with Crippen molar-refractivity contribution in [1.82, 2.24) is 24.8 Å². The molecule has 2 aromatic rings. The average Bonchev–Trinajstić information content (AvgIpc) is 3.12. The van der Waals surface area contributed by atoms with Crippen molar-refractivity contribution >= 4 is 5.91 Å². The summed E-state index contributed by atoms with van der Waals surface area (Å²) in [6, 6.07) is 0. The highest BCUT2D eigenvalue weighted by Crippen LogP contribution is 2.25. The molecule has 2 aliphatic rings. The van der Waals surface area contributed by atoms with E-state index in [2.05, 4.69) is 5.16 Å². The molecule has 25 heavy (non-hydrogen) atoms. The predicted octanol–water partition coefficient (Wildman–Crippen LogP) is 1.48. The van der Waals surface area contributed by atoms with Gasteiger partial charge in [-0.3, -0.25) is 4.79 Å². The van der Waals surface area contributed by atoms with E-state index in [-0.39, 0.29) is 5.91 Å². The molecule has 0 saturated carbocycles. The molecule has 0 aromatic carbocycles. The lowest BCUT2D eigenvalue weighted by molar-refractivity contribution is 0.0754. The zero-order chi connectivity index (χ0) is 17.4. The fraction of sp³-hybridized carbons (Fsp3) is 0.647. The Kier molecular flexibility index (Phi) is 4.29. The summed E-state index contributed by atoms with van der Waals surface area (Å²) < 4.78 is 12.5. The lowest BCUT2D eigenvalue weighted by Gasteiger charge is -2.20. The maximum Gasteiger partial charge on any atom is 0.259 e. The van der Waals surface area contributed by atoms with Crippen LogP contribution in [0.2, 0.25) is 0 Å². The summed E-state index contributed by atoms with van der Waals surface area (Å²) >= 11 is 0. The van der Waals surface area contributed by atoms with Gasteiger partial charge in [0.25, 0.3) is 5.91 Å². The number of amides is 1. The van der Waals surface area contributed by atoms with Crippen LogP contribution >= 0.6 is 0 Å². The van der Waals surface area contributed by atoms with Gasteiger partial charge in [-0.05, 0) is 26.7 Å². The van der Waals surface area contributed by atoms with Gasteiger partial charge in [0.05, 0.1) is 12.2 Å². The standard InChI is InChI=1S/C17H23N5O3/c1-11-15(12(2)25-20-11)17(23)21-6-3-14-18-16(19-22(14)8-7-21)13-4-9-24-10-5-13/h13H,3-10H2,1-2H3. The van der Waals surface area contributed by atoms with Crippen molar-refractivity contribution in [2.75, 3.05) is 26.3 Å². The van der Waals surface area contributed by atoms with Crippen LogP contribution in [0.25, 0.3) is 0 Å². The van der Waals surface area contributed by atoms with Crippen molar-refractivity contribution in [3.8, 4) is 0 Å². The molecule has 134 valence electrons. The molecule has 4 heterocycles. The van der Waals surface area contributed by atoms with Crippen molar-refractivity contribution < 1.29 is 14.1 Å². The van der Waals surface area contributed by atoms with Gasteiger partial charge in [-0.1, -0.05) is 5.16 Å². The first-order valence-electron chi connectivity index (χ1n) is 8.87.